The fourth-order valence-corrected chi connectivity index (χ4v) is 1.73. The van der Waals surface area contributed by atoms with Gasteiger partial charge in [-0.2, -0.15) is 0 Å². The maximum Gasteiger partial charge on any atom is 0.326 e. The average Bonchev–Trinajstić information content (AvgIpc) is 2.31. The Bertz CT molecular complexity index is 668. The van der Waals surface area contributed by atoms with Gasteiger partial charge in [0.15, 0.2) is 0 Å². The van der Waals surface area contributed by atoms with E-state index in [-0.39, 0.29) is 12.1 Å². The topological polar surface area (TPSA) is 61.2 Å². The van der Waals surface area contributed by atoms with E-state index in [1.54, 1.807) is 39.0 Å². The van der Waals surface area contributed by atoms with Crippen LogP contribution in [-0.2, 0) is 16.1 Å². The van der Waals surface area contributed by atoms with Gasteiger partial charge < -0.3 is 4.74 Å². The molecule has 0 atom stereocenters. The summed E-state index contributed by atoms with van der Waals surface area (Å²) in [6.07, 6.45) is 1.37. The SMILES string of the molecule is CC(C)(C)OC(=O)Cn1cnc2ccccc2c1=O. The van der Waals surface area contributed by atoms with Gasteiger partial charge in [0.25, 0.3) is 5.56 Å². The van der Waals surface area contributed by atoms with Crippen molar-refractivity contribution in [2.45, 2.75) is 32.9 Å². The Hall–Kier alpha value is -2.17. The molecule has 1 aromatic heterocycles. The Morgan fingerprint density at radius 1 is 1.32 bits per heavy atom. The van der Waals surface area contributed by atoms with Crippen LogP contribution < -0.4 is 5.56 Å². The third kappa shape index (κ3) is 3.19. The highest BCUT2D eigenvalue weighted by Gasteiger charge is 2.17. The first kappa shape index (κ1) is 13.3. The number of para-hydroxylation sites is 1. The summed E-state index contributed by atoms with van der Waals surface area (Å²) in [7, 11) is 0. The summed E-state index contributed by atoms with van der Waals surface area (Å²) in [6.45, 7) is 5.22. The van der Waals surface area contributed by atoms with Crippen LogP contribution in [0.5, 0.6) is 0 Å². The molecule has 0 fully saturated rings. The molecule has 0 radical (unpaired) electrons. The first-order valence-corrected chi connectivity index (χ1v) is 6.03. The minimum absolute atomic E-state index is 0.131. The van der Waals surface area contributed by atoms with E-state index in [4.69, 9.17) is 4.74 Å². The second-order valence-electron chi connectivity index (χ2n) is 5.28. The van der Waals surface area contributed by atoms with Gasteiger partial charge in [0.05, 0.1) is 17.2 Å². The van der Waals surface area contributed by atoms with Crippen molar-refractivity contribution in [3.63, 3.8) is 0 Å². The van der Waals surface area contributed by atoms with E-state index in [1.165, 1.54) is 10.9 Å². The summed E-state index contributed by atoms with van der Waals surface area (Å²) in [4.78, 5) is 28.0. The number of aromatic nitrogens is 2. The summed E-state index contributed by atoms with van der Waals surface area (Å²) in [6, 6.07) is 7.03. The van der Waals surface area contributed by atoms with Crippen molar-refractivity contribution in [1.82, 2.24) is 9.55 Å². The molecule has 0 saturated heterocycles. The minimum Gasteiger partial charge on any atom is -0.459 e. The number of carbonyl (C=O) groups excluding carboxylic acids is 1. The molecule has 2 aromatic rings. The molecule has 0 amide bonds. The van der Waals surface area contributed by atoms with Crippen LogP contribution in [0.3, 0.4) is 0 Å². The number of fused-ring (bicyclic) bond motifs is 1. The van der Waals surface area contributed by atoms with Crippen molar-refractivity contribution in [3.8, 4) is 0 Å². The lowest BCUT2D eigenvalue weighted by Crippen LogP contribution is -2.30. The van der Waals surface area contributed by atoms with Crippen LogP contribution in [-0.4, -0.2) is 21.1 Å². The fourth-order valence-electron chi connectivity index (χ4n) is 1.73. The average molecular weight is 260 g/mol. The van der Waals surface area contributed by atoms with Gasteiger partial charge in [-0.25, -0.2) is 4.98 Å². The number of esters is 1. The molecular weight excluding hydrogens is 244 g/mol. The number of ether oxygens (including phenoxy) is 1. The first-order chi connectivity index (χ1) is 8.87. The van der Waals surface area contributed by atoms with Gasteiger partial charge >= 0.3 is 5.97 Å². The van der Waals surface area contributed by atoms with Crippen molar-refractivity contribution in [2.24, 2.45) is 0 Å². The first-order valence-electron chi connectivity index (χ1n) is 6.03. The molecule has 0 bridgehead atoms. The van der Waals surface area contributed by atoms with Crippen molar-refractivity contribution < 1.29 is 9.53 Å². The van der Waals surface area contributed by atoms with Crippen molar-refractivity contribution in [3.05, 3.63) is 40.9 Å². The zero-order chi connectivity index (χ0) is 14.0. The second kappa shape index (κ2) is 4.84. The van der Waals surface area contributed by atoms with Crippen LogP contribution in [0.25, 0.3) is 10.9 Å². The van der Waals surface area contributed by atoms with E-state index in [0.29, 0.717) is 10.9 Å². The Labute approximate surface area is 110 Å². The Kier molecular flexibility index (Phi) is 3.38. The quantitative estimate of drug-likeness (QED) is 0.772. The molecule has 5 nitrogen and oxygen atoms in total. The molecular formula is C14H16N2O3. The van der Waals surface area contributed by atoms with Crippen molar-refractivity contribution in [2.75, 3.05) is 0 Å². The van der Waals surface area contributed by atoms with Crippen LogP contribution in [0, 0.1) is 0 Å². The monoisotopic (exact) mass is 260 g/mol. The van der Waals surface area contributed by atoms with Gasteiger partial charge in [0.2, 0.25) is 0 Å². The number of carbonyl (C=O) groups is 1. The van der Waals surface area contributed by atoms with E-state index in [0.717, 1.165) is 0 Å². The van der Waals surface area contributed by atoms with E-state index in [9.17, 15) is 9.59 Å². The predicted octanol–water partition coefficient (Wildman–Crippen LogP) is 1.74. The third-order valence-corrected chi connectivity index (χ3v) is 2.45. The van der Waals surface area contributed by atoms with E-state index in [2.05, 4.69) is 4.98 Å². The molecule has 0 spiro atoms. The lowest BCUT2D eigenvalue weighted by atomic mass is 10.2. The van der Waals surface area contributed by atoms with Gasteiger partial charge in [-0.1, -0.05) is 12.1 Å². The minimum atomic E-state index is -0.565. The number of hydrogen-bond donors (Lipinski definition) is 0. The van der Waals surface area contributed by atoms with Gasteiger partial charge in [-0.15, -0.1) is 0 Å². The van der Waals surface area contributed by atoms with Crippen molar-refractivity contribution in [1.29, 1.82) is 0 Å². The maximum atomic E-state index is 12.1. The third-order valence-electron chi connectivity index (χ3n) is 2.45. The van der Waals surface area contributed by atoms with Gasteiger partial charge in [-0.05, 0) is 32.9 Å². The zero-order valence-corrected chi connectivity index (χ0v) is 11.2. The van der Waals surface area contributed by atoms with Crippen molar-refractivity contribution >= 4 is 16.9 Å². The van der Waals surface area contributed by atoms with Gasteiger partial charge in [0.1, 0.15) is 12.1 Å². The normalized spacial score (nSPS) is 11.5. The highest BCUT2D eigenvalue weighted by molar-refractivity contribution is 5.77. The van der Waals surface area contributed by atoms with Crippen LogP contribution in [0.1, 0.15) is 20.8 Å². The van der Waals surface area contributed by atoms with Crippen LogP contribution in [0.2, 0.25) is 0 Å². The highest BCUT2D eigenvalue weighted by Crippen LogP contribution is 2.08. The standard InChI is InChI=1S/C14H16N2O3/c1-14(2,3)19-12(17)8-16-9-15-11-7-5-4-6-10(11)13(16)18/h4-7,9H,8H2,1-3H3. The van der Waals surface area contributed by atoms with Gasteiger partial charge in [-0.3, -0.25) is 14.2 Å². The van der Waals surface area contributed by atoms with E-state index >= 15 is 0 Å². The molecule has 5 heteroatoms. The molecule has 1 aromatic carbocycles. The molecule has 19 heavy (non-hydrogen) atoms. The summed E-state index contributed by atoms with van der Waals surface area (Å²) < 4.78 is 6.44. The summed E-state index contributed by atoms with van der Waals surface area (Å²) >= 11 is 0. The molecule has 0 unspecified atom stereocenters. The molecule has 1 heterocycles. The Morgan fingerprint density at radius 3 is 2.68 bits per heavy atom. The number of hydrogen-bond acceptors (Lipinski definition) is 4. The van der Waals surface area contributed by atoms with E-state index in [1.807, 2.05) is 6.07 Å². The predicted molar refractivity (Wildman–Crippen MR) is 71.8 cm³/mol. The zero-order valence-electron chi connectivity index (χ0n) is 11.2. The number of rotatable bonds is 2. The summed E-state index contributed by atoms with van der Waals surface area (Å²) in [5.74, 6) is -0.452. The fraction of sp³-hybridized carbons (Fsp3) is 0.357. The molecule has 0 aliphatic carbocycles. The molecule has 0 aliphatic heterocycles. The van der Waals surface area contributed by atoms with Crippen LogP contribution >= 0.6 is 0 Å². The van der Waals surface area contributed by atoms with Gasteiger partial charge in [0, 0.05) is 0 Å². The van der Waals surface area contributed by atoms with Crippen LogP contribution in [0.4, 0.5) is 0 Å². The largest absolute Gasteiger partial charge is 0.459 e. The highest BCUT2D eigenvalue weighted by atomic mass is 16.6. The Morgan fingerprint density at radius 2 is 2.00 bits per heavy atom. The smallest absolute Gasteiger partial charge is 0.326 e. The summed E-state index contributed by atoms with van der Waals surface area (Å²) in [5.41, 5.74) is -0.185. The summed E-state index contributed by atoms with van der Waals surface area (Å²) in [5, 5.41) is 0.494. The second-order valence-corrected chi connectivity index (χ2v) is 5.28. The maximum absolute atomic E-state index is 12.1. The number of nitrogens with zero attached hydrogens (tertiary/aromatic N) is 2. The number of benzene rings is 1. The Balaban J connectivity index is 2.29. The molecule has 0 aliphatic rings. The molecule has 100 valence electrons. The van der Waals surface area contributed by atoms with Crippen LogP contribution in [0.15, 0.2) is 35.4 Å². The molecule has 0 N–H and O–H groups in total. The van der Waals surface area contributed by atoms with E-state index < -0.39 is 11.6 Å². The molecule has 2 rings (SSSR count). The lowest BCUT2D eigenvalue weighted by Gasteiger charge is -2.19. The molecule has 0 saturated carbocycles. The lowest BCUT2D eigenvalue weighted by molar-refractivity contribution is -0.155.